The first-order chi connectivity index (χ1) is 13.0. The van der Waals surface area contributed by atoms with E-state index in [0.717, 1.165) is 57.9 Å². The fourth-order valence-electron chi connectivity index (χ4n) is 4.04. The number of guanidine groups is 1. The maximum absolute atomic E-state index is 12.2. The molecule has 1 saturated carbocycles. The van der Waals surface area contributed by atoms with Gasteiger partial charge >= 0.3 is 0 Å². The van der Waals surface area contributed by atoms with E-state index in [1.807, 2.05) is 18.7 Å². The number of halogens is 1. The zero-order valence-corrected chi connectivity index (χ0v) is 20.6. The van der Waals surface area contributed by atoms with E-state index in [2.05, 4.69) is 24.5 Å². The highest BCUT2D eigenvalue weighted by Crippen LogP contribution is 2.32. The van der Waals surface area contributed by atoms with Gasteiger partial charge in [-0.3, -0.25) is 9.79 Å². The van der Waals surface area contributed by atoms with Crippen LogP contribution in [0.1, 0.15) is 72.6 Å². The molecule has 0 aromatic heterocycles. The van der Waals surface area contributed by atoms with E-state index in [-0.39, 0.29) is 47.4 Å². The maximum Gasteiger partial charge on any atom is 0.225 e. The molecule has 2 rings (SSSR count). The van der Waals surface area contributed by atoms with E-state index in [1.54, 1.807) is 0 Å². The highest BCUT2D eigenvalue weighted by atomic mass is 127. The van der Waals surface area contributed by atoms with E-state index < -0.39 is 0 Å². The lowest BCUT2D eigenvalue weighted by molar-refractivity contribution is -0.133. The van der Waals surface area contributed by atoms with E-state index >= 15 is 0 Å². The number of carbonyl (C=O) groups is 1. The Balaban J connectivity index is 0.00000392. The minimum atomic E-state index is -0.0913. The third-order valence-electron chi connectivity index (χ3n) is 5.58. The monoisotopic (exact) mass is 508 g/mol. The molecule has 1 aliphatic heterocycles. The van der Waals surface area contributed by atoms with Gasteiger partial charge in [0.1, 0.15) is 0 Å². The number of amides is 1. The number of hydrogen-bond acceptors (Lipinski definition) is 3. The number of hydrogen-bond donors (Lipinski definition) is 2. The lowest BCUT2D eigenvalue weighted by Crippen LogP contribution is -2.47. The van der Waals surface area contributed by atoms with Crippen molar-refractivity contribution in [2.24, 2.45) is 10.9 Å². The highest BCUT2D eigenvalue weighted by molar-refractivity contribution is 14.0. The number of aliphatic imine (C=N–C) groups is 1. The molecule has 1 heterocycles. The molecule has 1 amide bonds. The highest BCUT2D eigenvalue weighted by Gasteiger charge is 2.33. The summed E-state index contributed by atoms with van der Waals surface area (Å²) in [6.45, 7) is 12.1. The topological polar surface area (TPSA) is 66.0 Å². The Hall–Kier alpha value is -0.570. The van der Waals surface area contributed by atoms with Crippen LogP contribution in [0.4, 0.5) is 0 Å². The molecule has 1 unspecified atom stereocenters. The Morgan fingerprint density at radius 3 is 2.57 bits per heavy atom. The average Bonchev–Trinajstić information content (AvgIpc) is 3.13. The van der Waals surface area contributed by atoms with E-state index in [1.165, 1.54) is 19.3 Å². The van der Waals surface area contributed by atoms with Crippen LogP contribution in [0, 0.1) is 5.92 Å². The summed E-state index contributed by atoms with van der Waals surface area (Å²) in [5.41, 5.74) is -0.0913. The minimum Gasteiger partial charge on any atom is -0.373 e. The normalized spacial score (nSPS) is 22.1. The van der Waals surface area contributed by atoms with Gasteiger partial charge in [-0.25, -0.2) is 0 Å². The first kappa shape index (κ1) is 25.5. The van der Waals surface area contributed by atoms with Crippen LogP contribution in [0.2, 0.25) is 0 Å². The molecule has 28 heavy (non-hydrogen) atoms. The van der Waals surface area contributed by atoms with Crippen LogP contribution in [0.3, 0.4) is 0 Å². The molecule has 1 atom stereocenters. The minimum absolute atomic E-state index is 0. The molecule has 0 aromatic rings. The van der Waals surface area contributed by atoms with Crippen molar-refractivity contribution in [2.75, 3.05) is 32.8 Å². The summed E-state index contributed by atoms with van der Waals surface area (Å²) in [5, 5.41) is 6.91. The van der Waals surface area contributed by atoms with Gasteiger partial charge in [0, 0.05) is 38.2 Å². The Kier molecular flexibility index (Phi) is 11.7. The summed E-state index contributed by atoms with van der Waals surface area (Å²) in [6, 6.07) is 0.268. The summed E-state index contributed by atoms with van der Waals surface area (Å²) >= 11 is 0. The van der Waals surface area contributed by atoms with Crippen molar-refractivity contribution in [1.29, 1.82) is 0 Å². The SMILES string of the molecule is CCCOC1(CN=C(NCC)NC2CCN(C(=O)C(C)C)C2)CCCCC1.I. The van der Waals surface area contributed by atoms with Crippen molar-refractivity contribution in [3.63, 3.8) is 0 Å². The largest absolute Gasteiger partial charge is 0.373 e. The van der Waals surface area contributed by atoms with Crippen molar-refractivity contribution in [2.45, 2.75) is 84.3 Å². The summed E-state index contributed by atoms with van der Waals surface area (Å²) in [5.74, 6) is 1.16. The standard InChI is InChI=1S/C21H40N4O2.HI/c1-5-14-27-21(11-8-7-9-12-21)16-23-20(22-6-2)24-18-10-13-25(15-18)19(26)17(3)4;/h17-18H,5-16H2,1-4H3,(H2,22,23,24);1H. The average molecular weight is 508 g/mol. The van der Waals surface area contributed by atoms with E-state index in [4.69, 9.17) is 9.73 Å². The predicted molar refractivity (Wildman–Crippen MR) is 126 cm³/mol. The molecule has 0 aromatic carbocycles. The lowest BCUT2D eigenvalue weighted by atomic mass is 9.84. The van der Waals surface area contributed by atoms with Crippen LogP contribution < -0.4 is 10.6 Å². The van der Waals surface area contributed by atoms with Crippen LogP contribution >= 0.6 is 24.0 Å². The Bertz CT molecular complexity index is 493. The predicted octanol–water partition coefficient (Wildman–Crippen LogP) is 3.55. The van der Waals surface area contributed by atoms with Gasteiger partial charge in [0.05, 0.1) is 12.1 Å². The fourth-order valence-corrected chi connectivity index (χ4v) is 4.04. The number of likely N-dealkylation sites (tertiary alicyclic amines) is 1. The molecule has 2 N–H and O–H groups in total. The second-order valence-corrected chi connectivity index (χ2v) is 8.36. The number of nitrogens with zero attached hydrogens (tertiary/aromatic N) is 2. The number of ether oxygens (including phenoxy) is 1. The van der Waals surface area contributed by atoms with Crippen LogP contribution in [-0.4, -0.2) is 61.2 Å². The van der Waals surface area contributed by atoms with Crippen molar-refractivity contribution in [3.05, 3.63) is 0 Å². The lowest BCUT2D eigenvalue weighted by Gasteiger charge is -2.36. The third kappa shape index (κ3) is 7.69. The molecule has 1 saturated heterocycles. The van der Waals surface area contributed by atoms with Crippen molar-refractivity contribution >= 4 is 35.8 Å². The van der Waals surface area contributed by atoms with Gasteiger partial charge < -0.3 is 20.3 Å². The smallest absolute Gasteiger partial charge is 0.225 e. The number of nitrogens with one attached hydrogen (secondary N) is 2. The fraction of sp³-hybridized carbons (Fsp3) is 0.905. The zero-order chi connectivity index (χ0) is 19.7. The summed E-state index contributed by atoms with van der Waals surface area (Å²) in [6.07, 6.45) is 8.01. The van der Waals surface area contributed by atoms with E-state index in [9.17, 15) is 4.79 Å². The molecule has 0 spiro atoms. The molecular weight excluding hydrogens is 467 g/mol. The summed E-state index contributed by atoms with van der Waals surface area (Å²) in [7, 11) is 0. The number of carbonyl (C=O) groups excluding carboxylic acids is 1. The zero-order valence-electron chi connectivity index (χ0n) is 18.3. The van der Waals surface area contributed by atoms with Gasteiger partial charge in [-0.15, -0.1) is 24.0 Å². The first-order valence-corrected chi connectivity index (χ1v) is 11.0. The van der Waals surface area contributed by atoms with Crippen LogP contribution in [0.5, 0.6) is 0 Å². The number of rotatable bonds is 8. The van der Waals surface area contributed by atoms with Gasteiger partial charge in [0.15, 0.2) is 5.96 Å². The Labute approximate surface area is 188 Å². The second kappa shape index (κ2) is 12.9. The van der Waals surface area contributed by atoms with Gasteiger partial charge in [-0.1, -0.05) is 40.0 Å². The van der Waals surface area contributed by atoms with Crippen LogP contribution in [0.15, 0.2) is 4.99 Å². The molecular formula is C21H41IN4O2. The van der Waals surface area contributed by atoms with Crippen LogP contribution in [-0.2, 0) is 9.53 Å². The van der Waals surface area contributed by atoms with Gasteiger partial charge in [0.2, 0.25) is 5.91 Å². The first-order valence-electron chi connectivity index (χ1n) is 11.0. The third-order valence-corrected chi connectivity index (χ3v) is 5.58. The van der Waals surface area contributed by atoms with Crippen molar-refractivity contribution < 1.29 is 9.53 Å². The summed E-state index contributed by atoms with van der Waals surface area (Å²) in [4.78, 5) is 19.1. The molecule has 0 radical (unpaired) electrons. The van der Waals surface area contributed by atoms with Gasteiger partial charge in [-0.05, 0) is 32.6 Å². The molecule has 2 aliphatic rings. The molecule has 7 heteroatoms. The van der Waals surface area contributed by atoms with Crippen LogP contribution in [0.25, 0.3) is 0 Å². The Morgan fingerprint density at radius 2 is 1.96 bits per heavy atom. The molecule has 0 bridgehead atoms. The second-order valence-electron chi connectivity index (χ2n) is 8.36. The maximum atomic E-state index is 12.2. The van der Waals surface area contributed by atoms with E-state index in [0.29, 0.717) is 6.54 Å². The van der Waals surface area contributed by atoms with Crippen molar-refractivity contribution in [1.82, 2.24) is 15.5 Å². The molecule has 1 aliphatic carbocycles. The molecule has 2 fully saturated rings. The van der Waals surface area contributed by atoms with Gasteiger partial charge in [-0.2, -0.15) is 0 Å². The Morgan fingerprint density at radius 1 is 1.25 bits per heavy atom. The summed E-state index contributed by atoms with van der Waals surface area (Å²) < 4.78 is 6.28. The molecule has 164 valence electrons. The van der Waals surface area contributed by atoms with Crippen molar-refractivity contribution in [3.8, 4) is 0 Å². The quantitative estimate of drug-likeness (QED) is 0.299. The van der Waals surface area contributed by atoms with Gasteiger partial charge in [0.25, 0.3) is 0 Å². The molecule has 6 nitrogen and oxygen atoms in total.